The van der Waals surface area contributed by atoms with Crippen LogP contribution in [-0.2, 0) is 9.84 Å². The summed E-state index contributed by atoms with van der Waals surface area (Å²) in [5.74, 6) is -0.711. The molecule has 116 valence electrons. The van der Waals surface area contributed by atoms with Crippen molar-refractivity contribution >= 4 is 15.7 Å². The van der Waals surface area contributed by atoms with E-state index in [0.717, 1.165) is 0 Å². The monoisotopic (exact) mass is 323 g/mol. The van der Waals surface area contributed by atoms with Gasteiger partial charge in [0, 0.05) is 11.6 Å². The first-order chi connectivity index (χ1) is 10.4. The standard InChI is InChI=1S/C14H14FN3O3S/c15-10-3-1-9(2-4-10)13-12(7-16-18-13)14(19)17-11-5-6-22(20,21)8-11/h1-4,7,11H,5-6,8H2,(H,16,18)(H,17,19)/t11-/m1/s1. The van der Waals surface area contributed by atoms with Gasteiger partial charge in [-0.05, 0) is 30.7 Å². The molecule has 1 aliphatic rings. The summed E-state index contributed by atoms with van der Waals surface area (Å²) < 4.78 is 35.8. The second-order valence-corrected chi connectivity index (χ2v) is 7.47. The molecule has 22 heavy (non-hydrogen) atoms. The van der Waals surface area contributed by atoms with E-state index in [9.17, 15) is 17.6 Å². The summed E-state index contributed by atoms with van der Waals surface area (Å²) in [4.78, 5) is 12.3. The molecule has 0 saturated carbocycles. The van der Waals surface area contributed by atoms with E-state index in [-0.39, 0.29) is 23.4 Å². The van der Waals surface area contributed by atoms with E-state index >= 15 is 0 Å². The Morgan fingerprint density at radius 1 is 1.32 bits per heavy atom. The molecule has 8 heteroatoms. The smallest absolute Gasteiger partial charge is 0.255 e. The van der Waals surface area contributed by atoms with Crippen LogP contribution in [0.25, 0.3) is 11.3 Å². The van der Waals surface area contributed by atoms with Gasteiger partial charge in [-0.25, -0.2) is 12.8 Å². The van der Waals surface area contributed by atoms with Crippen LogP contribution in [-0.4, -0.2) is 42.1 Å². The van der Waals surface area contributed by atoms with Gasteiger partial charge < -0.3 is 5.32 Å². The minimum Gasteiger partial charge on any atom is -0.348 e. The van der Waals surface area contributed by atoms with Gasteiger partial charge >= 0.3 is 0 Å². The second kappa shape index (κ2) is 5.53. The van der Waals surface area contributed by atoms with Gasteiger partial charge in [0.05, 0.1) is 29.0 Å². The molecule has 2 heterocycles. The molecule has 1 amide bonds. The highest BCUT2D eigenvalue weighted by Gasteiger charge is 2.29. The molecular formula is C14H14FN3O3S. The summed E-state index contributed by atoms with van der Waals surface area (Å²) in [7, 11) is -3.06. The highest BCUT2D eigenvalue weighted by Crippen LogP contribution is 2.22. The number of aromatic nitrogens is 2. The molecule has 0 bridgehead atoms. The lowest BCUT2D eigenvalue weighted by atomic mass is 10.1. The average molecular weight is 323 g/mol. The van der Waals surface area contributed by atoms with Crippen LogP contribution in [0.4, 0.5) is 4.39 Å². The predicted octanol–water partition coefficient (Wildman–Crippen LogP) is 1.13. The summed E-state index contributed by atoms with van der Waals surface area (Å²) in [6, 6.07) is 5.29. The summed E-state index contributed by atoms with van der Waals surface area (Å²) in [6.45, 7) is 0. The van der Waals surface area contributed by atoms with E-state index in [1.807, 2.05) is 0 Å². The Morgan fingerprint density at radius 2 is 2.05 bits per heavy atom. The molecule has 6 nitrogen and oxygen atoms in total. The van der Waals surface area contributed by atoms with Gasteiger partial charge in [0.15, 0.2) is 9.84 Å². The predicted molar refractivity (Wildman–Crippen MR) is 78.5 cm³/mol. The van der Waals surface area contributed by atoms with Gasteiger partial charge in [-0.3, -0.25) is 9.89 Å². The molecule has 0 aliphatic carbocycles. The second-order valence-electron chi connectivity index (χ2n) is 5.24. The average Bonchev–Trinajstić information content (AvgIpc) is 3.06. The topological polar surface area (TPSA) is 91.9 Å². The fraction of sp³-hybridized carbons (Fsp3) is 0.286. The van der Waals surface area contributed by atoms with Crippen molar-refractivity contribution in [2.24, 2.45) is 0 Å². The Labute approximate surface area is 126 Å². The number of amides is 1. The Morgan fingerprint density at radius 3 is 2.68 bits per heavy atom. The van der Waals surface area contributed by atoms with Crippen molar-refractivity contribution in [3.05, 3.63) is 41.8 Å². The summed E-state index contributed by atoms with van der Waals surface area (Å²) in [6.07, 6.45) is 1.79. The van der Waals surface area contributed by atoms with Crippen molar-refractivity contribution in [2.75, 3.05) is 11.5 Å². The quantitative estimate of drug-likeness (QED) is 0.886. The lowest BCUT2D eigenvalue weighted by Crippen LogP contribution is -2.35. The normalized spacial score (nSPS) is 20.0. The number of halogens is 1. The van der Waals surface area contributed by atoms with Crippen molar-refractivity contribution in [2.45, 2.75) is 12.5 Å². The molecule has 1 aromatic heterocycles. The van der Waals surface area contributed by atoms with Gasteiger partial charge in [0.25, 0.3) is 5.91 Å². The summed E-state index contributed by atoms with van der Waals surface area (Å²) in [5, 5.41) is 9.27. The Balaban J connectivity index is 1.80. The van der Waals surface area contributed by atoms with Crippen LogP contribution in [0.1, 0.15) is 16.8 Å². The van der Waals surface area contributed by atoms with Crippen molar-refractivity contribution in [3.63, 3.8) is 0 Å². The first kappa shape index (κ1) is 14.7. The van der Waals surface area contributed by atoms with Crippen molar-refractivity contribution in [1.29, 1.82) is 0 Å². The first-order valence-corrected chi connectivity index (χ1v) is 8.57. The summed E-state index contributed by atoms with van der Waals surface area (Å²) >= 11 is 0. The highest BCUT2D eigenvalue weighted by molar-refractivity contribution is 7.91. The molecular weight excluding hydrogens is 309 g/mol. The number of carbonyl (C=O) groups excluding carboxylic acids is 1. The third kappa shape index (κ3) is 3.01. The largest absolute Gasteiger partial charge is 0.348 e. The number of benzene rings is 1. The molecule has 1 aliphatic heterocycles. The molecule has 2 N–H and O–H groups in total. The van der Waals surface area contributed by atoms with Crippen LogP contribution in [0.5, 0.6) is 0 Å². The number of rotatable bonds is 3. The minimum atomic E-state index is -3.06. The Kier molecular flexibility index (Phi) is 3.69. The SMILES string of the molecule is O=C(N[C@@H]1CCS(=O)(=O)C1)c1cn[nH]c1-c1ccc(F)cc1. The third-order valence-electron chi connectivity index (χ3n) is 3.58. The number of aromatic amines is 1. The maximum Gasteiger partial charge on any atom is 0.255 e. The van der Waals surface area contributed by atoms with E-state index in [2.05, 4.69) is 15.5 Å². The lowest BCUT2D eigenvalue weighted by molar-refractivity contribution is 0.0942. The number of hydrogen-bond acceptors (Lipinski definition) is 4. The molecule has 0 spiro atoms. The Bertz CT molecular complexity index is 799. The Hall–Kier alpha value is -2.22. The van der Waals surface area contributed by atoms with Crippen LogP contribution < -0.4 is 5.32 Å². The van der Waals surface area contributed by atoms with E-state index in [0.29, 0.717) is 23.2 Å². The van der Waals surface area contributed by atoms with Gasteiger partial charge in [-0.2, -0.15) is 5.10 Å². The molecule has 1 aromatic carbocycles. The fourth-order valence-electron chi connectivity index (χ4n) is 2.47. The maximum absolute atomic E-state index is 13.0. The maximum atomic E-state index is 13.0. The van der Waals surface area contributed by atoms with Crippen LogP contribution in [0.3, 0.4) is 0 Å². The third-order valence-corrected chi connectivity index (χ3v) is 5.35. The zero-order valence-electron chi connectivity index (χ0n) is 11.5. The van der Waals surface area contributed by atoms with Gasteiger partial charge in [-0.1, -0.05) is 0 Å². The van der Waals surface area contributed by atoms with Gasteiger partial charge in [0.1, 0.15) is 5.82 Å². The van der Waals surface area contributed by atoms with Gasteiger partial charge in [0.2, 0.25) is 0 Å². The van der Waals surface area contributed by atoms with Crippen LogP contribution in [0.15, 0.2) is 30.5 Å². The van der Waals surface area contributed by atoms with E-state index < -0.39 is 15.7 Å². The van der Waals surface area contributed by atoms with Crippen molar-refractivity contribution in [1.82, 2.24) is 15.5 Å². The number of hydrogen-bond donors (Lipinski definition) is 2. The number of nitrogens with zero attached hydrogens (tertiary/aromatic N) is 1. The summed E-state index contributed by atoms with van der Waals surface area (Å²) in [5.41, 5.74) is 1.40. The molecule has 3 rings (SSSR count). The highest BCUT2D eigenvalue weighted by atomic mass is 32.2. The van der Waals surface area contributed by atoms with Crippen molar-refractivity contribution < 1.29 is 17.6 Å². The molecule has 1 saturated heterocycles. The molecule has 1 atom stereocenters. The first-order valence-electron chi connectivity index (χ1n) is 6.75. The molecule has 1 fully saturated rings. The van der Waals surface area contributed by atoms with Gasteiger partial charge in [-0.15, -0.1) is 0 Å². The lowest BCUT2D eigenvalue weighted by Gasteiger charge is -2.10. The number of H-pyrrole nitrogens is 1. The van der Waals surface area contributed by atoms with E-state index in [1.54, 1.807) is 12.1 Å². The van der Waals surface area contributed by atoms with Crippen LogP contribution >= 0.6 is 0 Å². The molecule has 0 unspecified atom stereocenters. The molecule has 0 radical (unpaired) electrons. The molecule has 2 aromatic rings. The van der Waals surface area contributed by atoms with Crippen molar-refractivity contribution in [3.8, 4) is 11.3 Å². The zero-order valence-corrected chi connectivity index (χ0v) is 12.4. The fourth-order valence-corrected chi connectivity index (χ4v) is 4.14. The van der Waals surface area contributed by atoms with E-state index in [1.165, 1.54) is 18.3 Å². The van der Waals surface area contributed by atoms with E-state index in [4.69, 9.17) is 0 Å². The minimum absolute atomic E-state index is 0.0392. The number of sulfone groups is 1. The number of carbonyl (C=O) groups is 1. The zero-order chi connectivity index (χ0) is 15.7. The number of nitrogens with one attached hydrogen (secondary N) is 2. The van der Waals surface area contributed by atoms with Crippen LogP contribution in [0.2, 0.25) is 0 Å². The van der Waals surface area contributed by atoms with Crippen LogP contribution in [0, 0.1) is 5.82 Å².